The van der Waals surface area contributed by atoms with Gasteiger partial charge in [-0.3, -0.25) is 4.90 Å². The fourth-order valence-electron chi connectivity index (χ4n) is 3.12. The molecule has 2 rings (SSSR count). The van der Waals surface area contributed by atoms with E-state index in [4.69, 9.17) is 18.9 Å². The molecule has 1 aromatic carbocycles. The van der Waals surface area contributed by atoms with Crippen molar-refractivity contribution >= 4 is 11.7 Å². The number of hydrogen-bond acceptors (Lipinski definition) is 6. The number of amides is 2. The first kappa shape index (κ1) is 20.1. The van der Waals surface area contributed by atoms with Crippen LogP contribution in [0.15, 0.2) is 12.1 Å². The Labute approximate surface area is 154 Å². The molecule has 1 aliphatic rings. The summed E-state index contributed by atoms with van der Waals surface area (Å²) in [6.45, 7) is 7.21. The van der Waals surface area contributed by atoms with Gasteiger partial charge in [0.05, 0.1) is 39.2 Å². The molecule has 0 radical (unpaired) electrons. The number of rotatable bonds is 7. The summed E-state index contributed by atoms with van der Waals surface area (Å²) in [4.78, 5) is 14.4. The molecule has 0 spiro atoms. The Kier molecular flexibility index (Phi) is 7.35. The average Bonchev–Trinajstić information content (AvgIpc) is 2.59. The van der Waals surface area contributed by atoms with Gasteiger partial charge in [0.2, 0.25) is 5.75 Å². The third kappa shape index (κ3) is 5.40. The number of carbonyl (C=O) groups is 1. The molecule has 0 aromatic heterocycles. The Hall–Kier alpha value is -2.19. The molecule has 1 saturated heterocycles. The van der Waals surface area contributed by atoms with Crippen LogP contribution in [-0.4, -0.2) is 70.6 Å². The molecule has 8 heteroatoms. The molecule has 2 unspecified atom stereocenters. The number of nitrogens with one attached hydrogen (secondary N) is 2. The maximum Gasteiger partial charge on any atom is 0.319 e. The van der Waals surface area contributed by atoms with Gasteiger partial charge >= 0.3 is 6.03 Å². The Bertz CT molecular complexity index is 575. The van der Waals surface area contributed by atoms with E-state index in [2.05, 4.69) is 29.4 Å². The van der Waals surface area contributed by atoms with Gasteiger partial charge in [0.15, 0.2) is 11.5 Å². The van der Waals surface area contributed by atoms with Gasteiger partial charge in [0.25, 0.3) is 0 Å². The van der Waals surface area contributed by atoms with Crippen LogP contribution in [0.4, 0.5) is 10.5 Å². The fourth-order valence-corrected chi connectivity index (χ4v) is 3.12. The number of urea groups is 1. The number of hydrogen-bond donors (Lipinski definition) is 2. The van der Waals surface area contributed by atoms with Crippen molar-refractivity contribution < 1.29 is 23.7 Å². The Balaban J connectivity index is 1.87. The van der Waals surface area contributed by atoms with Crippen molar-refractivity contribution in [3.63, 3.8) is 0 Å². The Morgan fingerprint density at radius 1 is 1.12 bits per heavy atom. The lowest BCUT2D eigenvalue weighted by Crippen LogP contribution is -2.48. The predicted octanol–water partition coefficient (Wildman–Crippen LogP) is 1.94. The molecule has 2 amide bonds. The summed E-state index contributed by atoms with van der Waals surface area (Å²) in [5.74, 6) is 1.45. The van der Waals surface area contributed by atoms with Gasteiger partial charge < -0.3 is 29.6 Å². The minimum absolute atomic E-state index is 0.215. The van der Waals surface area contributed by atoms with Crippen molar-refractivity contribution in [3.8, 4) is 17.2 Å². The first-order valence-electron chi connectivity index (χ1n) is 8.69. The monoisotopic (exact) mass is 367 g/mol. The van der Waals surface area contributed by atoms with Crippen LogP contribution in [0.25, 0.3) is 0 Å². The van der Waals surface area contributed by atoms with E-state index in [9.17, 15) is 4.79 Å². The highest BCUT2D eigenvalue weighted by Crippen LogP contribution is 2.39. The minimum Gasteiger partial charge on any atom is -0.493 e. The summed E-state index contributed by atoms with van der Waals surface area (Å²) < 4.78 is 21.6. The third-order valence-corrected chi connectivity index (χ3v) is 4.13. The molecule has 0 bridgehead atoms. The first-order chi connectivity index (χ1) is 12.5. The van der Waals surface area contributed by atoms with Gasteiger partial charge in [0, 0.05) is 38.3 Å². The SMILES string of the molecule is COc1cc(NC(=O)NCCN2CC(C)OC(C)C2)cc(OC)c1OC. The quantitative estimate of drug-likeness (QED) is 0.767. The first-order valence-corrected chi connectivity index (χ1v) is 8.69. The highest BCUT2D eigenvalue weighted by molar-refractivity contribution is 5.90. The number of nitrogens with zero attached hydrogens (tertiary/aromatic N) is 1. The molecular weight excluding hydrogens is 338 g/mol. The van der Waals surface area contributed by atoms with Crippen LogP contribution in [0, 0.1) is 0 Å². The van der Waals surface area contributed by atoms with Crippen LogP contribution in [0.2, 0.25) is 0 Å². The van der Waals surface area contributed by atoms with Gasteiger partial charge in [-0.1, -0.05) is 0 Å². The lowest BCUT2D eigenvalue weighted by Gasteiger charge is -2.35. The highest BCUT2D eigenvalue weighted by Gasteiger charge is 2.21. The maximum absolute atomic E-state index is 12.2. The molecule has 8 nitrogen and oxygen atoms in total. The van der Waals surface area contributed by atoms with Gasteiger partial charge in [-0.05, 0) is 13.8 Å². The number of carbonyl (C=O) groups excluding carboxylic acids is 1. The number of ether oxygens (including phenoxy) is 4. The van der Waals surface area contributed by atoms with Gasteiger partial charge in [-0.2, -0.15) is 0 Å². The molecule has 1 aromatic rings. The van der Waals surface area contributed by atoms with Crippen LogP contribution >= 0.6 is 0 Å². The third-order valence-electron chi connectivity index (χ3n) is 4.13. The number of morpholine rings is 1. The molecular formula is C18H29N3O5. The zero-order valence-corrected chi connectivity index (χ0v) is 16.1. The summed E-state index contributed by atoms with van der Waals surface area (Å²) in [5, 5.41) is 5.66. The molecule has 26 heavy (non-hydrogen) atoms. The molecule has 1 aliphatic heterocycles. The van der Waals surface area contributed by atoms with Crippen molar-refractivity contribution in [2.75, 3.05) is 52.8 Å². The molecule has 1 heterocycles. The Morgan fingerprint density at radius 3 is 2.19 bits per heavy atom. The van der Waals surface area contributed by atoms with Gasteiger partial charge in [0.1, 0.15) is 0 Å². The van der Waals surface area contributed by atoms with E-state index < -0.39 is 0 Å². The number of anilines is 1. The summed E-state index contributed by atoms with van der Waals surface area (Å²) in [5.41, 5.74) is 0.561. The van der Waals surface area contributed by atoms with Gasteiger partial charge in [-0.25, -0.2) is 4.79 Å². The summed E-state index contributed by atoms with van der Waals surface area (Å²) in [7, 11) is 4.60. The van der Waals surface area contributed by atoms with Crippen molar-refractivity contribution in [2.45, 2.75) is 26.1 Å². The van der Waals surface area contributed by atoms with E-state index >= 15 is 0 Å². The molecule has 2 N–H and O–H groups in total. The van der Waals surface area contributed by atoms with E-state index in [-0.39, 0.29) is 18.2 Å². The van der Waals surface area contributed by atoms with Crippen LogP contribution in [0.5, 0.6) is 17.2 Å². The van der Waals surface area contributed by atoms with Crippen molar-refractivity contribution in [2.24, 2.45) is 0 Å². The lowest BCUT2D eigenvalue weighted by molar-refractivity contribution is -0.0672. The van der Waals surface area contributed by atoms with Crippen molar-refractivity contribution in [1.29, 1.82) is 0 Å². The summed E-state index contributed by atoms with van der Waals surface area (Å²) in [6.07, 6.45) is 0.429. The fraction of sp³-hybridized carbons (Fsp3) is 0.611. The van der Waals surface area contributed by atoms with E-state index in [1.165, 1.54) is 21.3 Å². The highest BCUT2D eigenvalue weighted by atomic mass is 16.5. The standard InChI is InChI=1S/C18H29N3O5/c1-12-10-21(11-13(2)26-12)7-6-19-18(22)20-14-8-15(23-3)17(25-5)16(9-14)24-4/h8-9,12-13H,6-7,10-11H2,1-5H3,(H2,19,20,22). The van der Waals surface area contributed by atoms with E-state index in [1.807, 2.05) is 0 Å². The van der Waals surface area contributed by atoms with E-state index in [0.29, 0.717) is 29.5 Å². The van der Waals surface area contributed by atoms with Crippen LogP contribution in [0.3, 0.4) is 0 Å². The second kappa shape index (κ2) is 9.49. The van der Waals surface area contributed by atoms with Crippen molar-refractivity contribution in [1.82, 2.24) is 10.2 Å². The topological polar surface area (TPSA) is 81.3 Å². The van der Waals surface area contributed by atoms with Crippen molar-refractivity contribution in [3.05, 3.63) is 12.1 Å². The molecule has 0 aliphatic carbocycles. The van der Waals surface area contributed by atoms with E-state index in [0.717, 1.165) is 19.6 Å². The second-order valence-corrected chi connectivity index (χ2v) is 6.31. The predicted molar refractivity (Wildman–Crippen MR) is 99.6 cm³/mol. The molecule has 146 valence electrons. The largest absolute Gasteiger partial charge is 0.493 e. The Morgan fingerprint density at radius 2 is 1.69 bits per heavy atom. The zero-order chi connectivity index (χ0) is 19.1. The second-order valence-electron chi connectivity index (χ2n) is 6.31. The number of benzene rings is 1. The summed E-state index contributed by atoms with van der Waals surface area (Å²) in [6, 6.07) is 3.09. The normalized spacial score (nSPS) is 20.3. The van der Waals surface area contributed by atoms with Crippen LogP contribution in [-0.2, 0) is 4.74 Å². The van der Waals surface area contributed by atoms with Gasteiger partial charge in [-0.15, -0.1) is 0 Å². The lowest BCUT2D eigenvalue weighted by atomic mass is 10.2. The van der Waals surface area contributed by atoms with Crippen LogP contribution in [0.1, 0.15) is 13.8 Å². The minimum atomic E-state index is -0.284. The molecule has 0 saturated carbocycles. The smallest absolute Gasteiger partial charge is 0.319 e. The maximum atomic E-state index is 12.2. The van der Waals surface area contributed by atoms with Crippen LogP contribution < -0.4 is 24.8 Å². The summed E-state index contributed by atoms with van der Waals surface area (Å²) >= 11 is 0. The molecule has 2 atom stereocenters. The zero-order valence-electron chi connectivity index (χ0n) is 16.1. The van der Waals surface area contributed by atoms with E-state index in [1.54, 1.807) is 12.1 Å². The number of methoxy groups -OCH3 is 3. The molecule has 1 fully saturated rings. The average molecular weight is 367 g/mol.